The van der Waals surface area contributed by atoms with E-state index in [2.05, 4.69) is 13.5 Å². The van der Waals surface area contributed by atoms with Crippen LogP contribution in [0.15, 0.2) is 12.7 Å². The first kappa shape index (κ1) is 8.75. The highest BCUT2D eigenvalue weighted by Gasteiger charge is 2.36. The van der Waals surface area contributed by atoms with E-state index >= 15 is 0 Å². The molecular weight excluding hydrogens is 140 g/mol. The highest BCUT2D eigenvalue weighted by molar-refractivity contribution is 4.93. The summed E-state index contributed by atoms with van der Waals surface area (Å²) < 4.78 is 5.42. The highest BCUT2D eigenvalue weighted by Crippen LogP contribution is 2.35. The van der Waals surface area contributed by atoms with Crippen LogP contribution in [0.3, 0.4) is 0 Å². The van der Waals surface area contributed by atoms with E-state index in [9.17, 15) is 0 Å². The summed E-state index contributed by atoms with van der Waals surface area (Å²) in [6.07, 6.45) is 3.87. The zero-order chi connectivity index (χ0) is 8.32. The first-order chi connectivity index (χ1) is 5.26. The summed E-state index contributed by atoms with van der Waals surface area (Å²) in [5.41, 5.74) is 0.0128. The molecule has 1 saturated heterocycles. The fourth-order valence-electron chi connectivity index (χ4n) is 1.45. The quantitative estimate of drug-likeness (QED) is 0.625. The molecule has 2 unspecified atom stereocenters. The van der Waals surface area contributed by atoms with E-state index in [1.54, 1.807) is 0 Å². The van der Waals surface area contributed by atoms with Gasteiger partial charge in [-0.25, -0.2) is 0 Å². The van der Waals surface area contributed by atoms with Crippen LogP contribution in [0.4, 0.5) is 0 Å². The number of aliphatic hydroxyl groups excluding tert-OH is 1. The molecule has 0 aromatic heterocycles. The van der Waals surface area contributed by atoms with Crippen LogP contribution < -0.4 is 0 Å². The van der Waals surface area contributed by atoms with Crippen LogP contribution in [0.1, 0.15) is 19.8 Å². The molecule has 0 spiro atoms. The SMILES string of the molecule is C=CC1CC(CC)(CO)CO1. The molecule has 2 heteroatoms. The molecule has 0 amide bonds. The van der Waals surface area contributed by atoms with Gasteiger partial charge in [-0.3, -0.25) is 0 Å². The largest absolute Gasteiger partial charge is 0.396 e. The monoisotopic (exact) mass is 156 g/mol. The molecule has 1 aliphatic rings. The van der Waals surface area contributed by atoms with E-state index < -0.39 is 0 Å². The standard InChI is InChI=1S/C9H16O2/c1-3-8-5-9(4-2,6-10)7-11-8/h3,8,10H,1,4-7H2,2H3. The Morgan fingerprint density at radius 1 is 1.82 bits per heavy atom. The Morgan fingerprint density at radius 3 is 2.82 bits per heavy atom. The molecule has 2 atom stereocenters. The molecule has 0 saturated carbocycles. The summed E-state index contributed by atoms with van der Waals surface area (Å²) in [6.45, 7) is 6.67. The van der Waals surface area contributed by atoms with Crippen molar-refractivity contribution < 1.29 is 9.84 Å². The van der Waals surface area contributed by atoms with Crippen molar-refractivity contribution in [2.24, 2.45) is 5.41 Å². The van der Waals surface area contributed by atoms with E-state index in [1.807, 2.05) is 6.08 Å². The molecule has 1 heterocycles. The maximum atomic E-state index is 9.12. The van der Waals surface area contributed by atoms with Crippen molar-refractivity contribution in [3.8, 4) is 0 Å². The van der Waals surface area contributed by atoms with Crippen molar-refractivity contribution >= 4 is 0 Å². The van der Waals surface area contributed by atoms with Gasteiger partial charge in [-0.15, -0.1) is 6.58 Å². The summed E-state index contributed by atoms with van der Waals surface area (Å²) >= 11 is 0. The van der Waals surface area contributed by atoms with Crippen LogP contribution in [0.25, 0.3) is 0 Å². The summed E-state index contributed by atoms with van der Waals surface area (Å²) in [7, 11) is 0. The van der Waals surface area contributed by atoms with E-state index in [1.165, 1.54) is 0 Å². The van der Waals surface area contributed by atoms with Crippen molar-refractivity contribution in [2.75, 3.05) is 13.2 Å². The van der Waals surface area contributed by atoms with Crippen LogP contribution in [0.5, 0.6) is 0 Å². The van der Waals surface area contributed by atoms with E-state index in [-0.39, 0.29) is 18.1 Å². The summed E-state index contributed by atoms with van der Waals surface area (Å²) in [5, 5.41) is 9.12. The Labute approximate surface area is 67.9 Å². The molecule has 64 valence electrons. The molecule has 0 bridgehead atoms. The second kappa shape index (κ2) is 3.37. The fourth-order valence-corrected chi connectivity index (χ4v) is 1.45. The predicted molar refractivity (Wildman–Crippen MR) is 44.4 cm³/mol. The number of ether oxygens (including phenoxy) is 1. The van der Waals surface area contributed by atoms with Crippen molar-refractivity contribution in [2.45, 2.75) is 25.9 Å². The van der Waals surface area contributed by atoms with Gasteiger partial charge >= 0.3 is 0 Å². The third-order valence-electron chi connectivity index (χ3n) is 2.59. The lowest BCUT2D eigenvalue weighted by molar-refractivity contribution is 0.0810. The van der Waals surface area contributed by atoms with Crippen LogP contribution in [0.2, 0.25) is 0 Å². The van der Waals surface area contributed by atoms with Crippen molar-refractivity contribution in [3.63, 3.8) is 0 Å². The molecule has 0 aliphatic carbocycles. The van der Waals surface area contributed by atoms with Gasteiger partial charge in [-0.2, -0.15) is 0 Å². The molecule has 0 aromatic carbocycles. The molecule has 0 aromatic rings. The van der Waals surface area contributed by atoms with Gasteiger partial charge in [0.25, 0.3) is 0 Å². The number of hydrogen-bond acceptors (Lipinski definition) is 2. The molecule has 1 fully saturated rings. The third-order valence-corrected chi connectivity index (χ3v) is 2.59. The van der Waals surface area contributed by atoms with Gasteiger partial charge in [0.05, 0.1) is 19.3 Å². The maximum absolute atomic E-state index is 9.12. The van der Waals surface area contributed by atoms with Gasteiger partial charge in [0.15, 0.2) is 0 Å². The summed E-state index contributed by atoms with van der Waals surface area (Å²) in [5.74, 6) is 0. The number of hydrogen-bond donors (Lipinski definition) is 1. The van der Waals surface area contributed by atoms with E-state index in [0.29, 0.717) is 6.61 Å². The third kappa shape index (κ3) is 1.63. The molecule has 11 heavy (non-hydrogen) atoms. The first-order valence-electron chi connectivity index (χ1n) is 4.11. The van der Waals surface area contributed by atoms with Crippen molar-refractivity contribution in [1.82, 2.24) is 0 Å². The Kier molecular flexibility index (Phi) is 2.68. The topological polar surface area (TPSA) is 29.5 Å². The zero-order valence-corrected chi connectivity index (χ0v) is 7.05. The van der Waals surface area contributed by atoms with Crippen molar-refractivity contribution in [1.29, 1.82) is 0 Å². The van der Waals surface area contributed by atoms with Gasteiger partial charge in [-0.1, -0.05) is 13.0 Å². The smallest absolute Gasteiger partial charge is 0.0760 e. The normalized spacial score (nSPS) is 37.5. The van der Waals surface area contributed by atoms with Crippen LogP contribution in [-0.2, 0) is 4.74 Å². The molecular formula is C9H16O2. The Bertz CT molecular complexity index is 138. The minimum Gasteiger partial charge on any atom is -0.396 e. The van der Waals surface area contributed by atoms with Crippen LogP contribution in [0, 0.1) is 5.41 Å². The van der Waals surface area contributed by atoms with Gasteiger partial charge in [0, 0.05) is 5.41 Å². The lowest BCUT2D eigenvalue weighted by atomic mass is 9.84. The van der Waals surface area contributed by atoms with E-state index in [4.69, 9.17) is 9.84 Å². The number of rotatable bonds is 3. The van der Waals surface area contributed by atoms with Crippen LogP contribution in [-0.4, -0.2) is 24.4 Å². The zero-order valence-electron chi connectivity index (χ0n) is 7.05. The lowest BCUT2D eigenvalue weighted by Gasteiger charge is -2.21. The Hall–Kier alpha value is -0.340. The molecule has 1 N–H and O–H groups in total. The Morgan fingerprint density at radius 2 is 2.55 bits per heavy atom. The minimum atomic E-state index is 0.0128. The average Bonchev–Trinajstić information content (AvgIpc) is 2.49. The summed E-state index contributed by atoms with van der Waals surface area (Å²) in [6, 6.07) is 0. The highest BCUT2D eigenvalue weighted by atomic mass is 16.5. The first-order valence-corrected chi connectivity index (χ1v) is 4.11. The molecule has 1 rings (SSSR count). The number of aliphatic hydroxyl groups is 1. The van der Waals surface area contributed by atoms with Crippen molar-refractivity contribution in [3.05, 3.63) is 12.7 Å². The second-order valence-electron chi connectivity index (χ2n) is 3.30. The minimum absolute atomic E-state index is 0.0128. The predicted octanol–water partition coefficient (Wildman–Crippen LogP) is 1.35. The van der Waals surface area contributed by atoms with Gasteiger partial charge < -0.3 is 9.84 Å². The van der Waals surface area contributed by atoms with Crippen LogP contribution >= 0.6 is 0 Å². The van der Waals surface area contributed by atoms with E-state index in [0.717, 1.165) is 12.8 Å². The average molecular weight is 156 g/mol. The molecule has 2 nitrogen and oxygen atoms in total. The van der Waals surface area contributed by atoms with Gasteiger partial charge in [-0.05, 0) is 12.8 Å². The second-order valence-corrected chi connectivity index (χ2v) is 3.30. The molecule has 1 aliphatic heterocycles. The molecule has 0 radical (unpaired) electrons. The lowest BCUT2D eigenvalue weighted by Crippen LogP contribution is -2.24. The maximum Gasteiger partial charge on any atom is 0.0760 e. The Balaban J connectivity index is 2.54. The summed E-state index contributed by atoms with van der Waals surface area (Å²) in [4.78, 5) is 0. The fraction of sp³-hybridized carbons (Fsp3) is 0.778. The van der Waals surface area contributed by atoms with Gasteiger partial charge in [0.1, 0.15) is 0 Å². The van der Waals surface area contributed by atoms with Gasteiger partial charge in [0.2, 0.25) is 0 Å².